The molecular formula is C24H29Br2P. The second-order valence-electron chi connectivity index (χ2n) is 7.03. The molecule has 0 aliphatic rings. The van der Waals surface area contributed by atoms with Gasteiger partial charge in [0.25, 0.3) is 0 Å². The van der Waals surface area contributed by atoms with E-state index >= 15 is 0 Å². The zero-order valence-corrected chi connectivity index (χ0v) is 20.2. The SMILES string of the molecule is Br.CC(Br)CCCC[PH](c1ccccc1)(c1ccccc1)c1ccccc1. The second kappa shape index (κ2) is 11.1. The van der Waals surface area contributed by atoms with Crippen LogP contribution in [0, 0.1) is 0 Å². The Morgan fingerprint density at radius 1 is 0.667 bits per heavy atom. The van der Waals surface area contributed by atoms with Crippen molar-refractivity contribution < 1.29 is 0 Å². The fourth-order valence-corrected chi connectivity index (χ4v) is 9.17. The van der Waals surface area contributed by atoms with E-state index in [0.717, 1.165) is 0 Å². The molecule has 1 atom stereocenters. The summed E-state index contributed by atoms with van der Waals surface area (Å²) in [6.07, 6.45) is 5.03. The summed E-state index contributed by atoms with van der Waals surface area (Å²) in [4.78, 5) is 0.601. The minimum absolute atomic E-state index is 0. The summed E-state index contributed by atoms with van der Waals surface area (Å²) in [6, 6.07) is 33.7. The van der Waals surface area contributed by atoms with Crippen LogP contribution in [-0.4, -0.2) is 11.0 Å². The molecule has 0 radical (unpaired) electrons. The van der Waals surface area contributed by atoms with Crippen molar-refractivity contribution >= 4 is 56.1 Å². The standard InChI is InChI=1S/C24H28BrP.BrH/c1-21(25)13-11-12-20-26(22-14-5-2-6-15-22,23-16-7-3-8-17-23)24-18-9-4-10-19-24;/h2-10,14-19,21,26H,11-13,20H2,1H3;1H. The van der Waals surface area contributed by atoms with Gasteiger partial charge in [0.2, 0.25) is 0 Å². The van der Waals surface area contributed by atoms with Crippen LogP contribution in [0.5, 0.6) is 0 Å². The van der Waals surface area contributed by atoms with Crippen LogP contribution in [0.4, 0.5) is 0 Å². The molecule has 0 saturated heterocycles. The summed E-state index contributed by atoms with van der Waals surface area (Å²) in [5.74, 6) is 0. The molecular weight excluding hydrogens is 479 g/mol. The van der Waals surface area contributed by atoms with Gasteiger partial charge in [-0.1, -0.05) is 0 Å². The molecule has 0 aromatic heterocycles. The van der Waals surface area contributed by atoms with Crippen molar-refractivity contribution in [3.05, 3.63) is 91.0 Å². The Morgan fingerprint density at radius 3 is 1.37 bits per heavy atom. The van der Waals surface area contributed by atoms with Crippen LogP contribution in [0.1, 0.15) is 26.2 Å². The third-order valence-corrected chi connectivity index (χ3v) is 10.7. The van der Waals surface area contributed by atoms with Crippen molar-refractivity contribution in [2.45, 2.75) is 31.0 Å². The van der Waals surface area contributed by atoms with Crippen LogP contribution in [0.25, 0.3) is 0 Å². The molecule has 0 bridgehead atoms. The van der Waals surface area contributed by atoms with E-state index in [1.807, 2.05) is 0 Å². The first-order chi connectivity index (χ1) is 12.7. The Bertz CT molecular complexity index is 677. The quantitative estimate of drug-likeness (QED) is 0.192. The summed E-state index contributed by atoms with van der Waals surface area (Å²) in [6.45, 7) is 2.25. The third kappa shape index (κ3) is 5.53. The van der Waals surface area contributed by atoms with Crippen LogP contribution in [-0.2, 0) is 0 Å². The van der Waals surface area contributed by atoms with Gasteiger partial charge in [0.15, 0.2) is 0 Å². The first-order valence-electron chi connectivity index (χ1n) is 9.54. The van der Waals surface area contributed by atoms with Crippen LogP contribution in [0.3, 0.4) is 0 Å². The summed E-state index contributed by atoms with van der Waals surface area (Å²) in [7, 11) is -2.01. The van der Waals surface area contributed by atoms with Gasteiger partial charge in [0.05, 0.1) is 0 Å². The van der Waals surface area contributed by atoms with Crippen LogP contribution in [0.15, 0.2) is 91.0 Å². The van der Waals surface area contributed by atoms with Gasteiger partial charge in [0, 0.05) is 0 Å². The molecule has 0 spiro atoms. The normalized spacial score (nSPS) is 12.8. The molecule has 1 unspecified atom stereocenters. The predicted molar refractivity (Wildman–Crippen MR) is 134 cm³/mol. The van der Waals surface area contributed by atoms with Crippen molar-refractivity contribution in [1.82, 2.24) is 0 Å². The van der Waals surface area contributed by atoms with Gasteiger partial charge < -0.3 is 0 Å². The molecule has 0 aliphatic heterocycles. The fourth-order valence-electron chi connectivity index (χ4n) is 3.92. The molecule has 0 aliphatic carbocycles. The maximum absolute atomic E-state index is 3.70. The fraction of sp³-hybridized carbons (Fsp3) is 0.250. The third-order valence-electron chi connectivity index (χ3n) is 5.20. The van der Waals surface area contributed by atoms with Gasteiger partial charge in [-0.05, 0) is 0 Å². The zero-order valence-electron chi connectivity index (χ0n) is 15.9. The molecule has 3 aromatic carbocycles. The average Bonchev–Trinajstić information content (AvgIpc) is 2.70. The molecule has 0 heterocycles. The first-order valence-corrected chi connectivity index (χ1v) is 12.7. The molecule has 0 nitrogen and oxygen atoms in total. The molecule has 3 rings (SSSR count). The van der Waals surface area contributed by atoms with Crippen molar-refractivity contribution in [3.8, 4) is 0 Å². The van der Waals surface area contributed by atoms with Gasteiger partial charge in [-0.25, -0.2) is 0 Å². The van der Waals surface area contributed by atoms with Gasteiger partial charge in [-0.2, -0.15) is 0 Å². The molecule has 0 N–H and O–H groups in total. The Kier molecular flexibility index (Phi) is 9.22. The van der Waals surface area contributed by atoms with E-state index in [4.69, 9.17) is 0 Å². The summed E-state index contributed by atoms with van der Waals surface area (Å²) < 4.78 is 0. The topological polar surface area (TPSA) is 0 Å². The van der Waals surface area contributed by atoms with Crippen molar-refractivity contribution in [2.75, 3.05) is 6.16 Å². The van der Waals surface area contributed by atoms with Gasteiger partial charge in [0.1, 0.15) is 0 Å². The van der Waals surface area contributed by atoms with Gasteiger partial charge in [-0.15, -0.1) is 17.0 Å². The zero-order chi connectivity index (χ0) is 18.2. The molecule has 0 saturated carbocycles. The Balaban J connectivity index is 0.00000261. The molecule has 0 amide bonds. The number of benzene rings is 3. The number of hydrogen-bond acceptors (Lipinski definition) is 0. The maximum atomic E-state index is 3.70. The van der Waals surface area contributed by atoms with E-state index < -0.39 is 7.26 Å². The van der Waals surface area contributed by atoms with Crippen molar-refractivity contribution in [3.63, 3.8) is 0 Å². The van der Waals surface area contributed by atoms with Crippen LogP contribution >= 0.6 is 40.2 Å². The number of unbranched alkanes of at least 4 members (excludes halogenated alkanes) is 1. The van der Waals surface area contributed by atoms with E-state index in [1.54, 1.807) is 0 Å². The predicted octanol–water partition coefficient (Wildman–Crippen LogP) is 6.24. The van der Waals surface area contributed by atoms with Crippen molar-refractivity contribution in [2.24, 2.45) is 0 Å². The number of alkyl halides is 1. The molecule has 3 aromatic rings. The van der Waals surface area contributed by atoms with E-state index in [2.05, 4.69) is 114 Å². The van der Waals surface area contributed by atoms with Gasteiger partial charge >= 0.3 is 167 Å². The van der Waals surface area contributed by atoms with E-state index in [0.29, 0.717) is 4.83 Å². The van der Waals surface area contributed by atoms with E-state index in [9.17, 15) is 0 Å². The first kappa shape index (κ1) is 22.3. The average molecular weight is 508 g/mol. The minimum atomic E-state index is -2.01. The van der Waals surface area contributed by atoms with Gasteiger partial charge in [-0.3, -0.25) is 0 Å². The summed E-state index contributed by atoms with van der Waals surface area (Å²) in [5.41, 5.74) is 0. The van der Waals surface area contributed by atoms with Crippen LogP contribution in [0.2, 0.25) is 0 Å². The number of halogens is 2. The monoisotopic (exact) mass is 506 g/mol. The number of hydrogen-bond donors (Lipinski definition) is 0. The van der Waals surface area contributed by atoms with E-state index in [1.165, 1.54) is 41.3 Å². The molecule has 27 heavy (non-hydrogen) atoms. The Hall–Kier alpha value is -0.950. The Labute approximate surface area is 183 Å². The summed E-state index contributed by atoms with van der Waals surface area (Å²) >= 11 is 3.70. The van der Waals surface area contributed by atoms with E-state index in [-0.39, 0.29) is 17.0 Å². The summed E-state index contributed by atoms with van der Waals surface area (Å²) in [5, 5.41) is 4.55. The number of rotatable bonds is 8. The Morgan fingerprint density at radius 2 is 1.04 bits per heavy atom. The molecule has 0 fully saturated rings. The molecule has 3 heteroatoms. The van der Waals surface area contributed by atoms with Crippen molar-refractivity contribution in [1.29, 1.82) is 0 Å². The van der Waals surface area contributed by atoms with Crippen LogP contribution < -0.4 is 15.9 Å². The molecule has 144 valence electrons. The second-order valence-corrected chi connectivity index (χ2v) is 12.6.